The van der Waals surface area contributed by atoms with E-state index in [1.54, 1.807) is 25.3 Å². The van der Waals surface area contributed by atoms with E-state index in [0.717, 1.165) is 11.1 Å². The average Bonchev–Trinajstić information content (AvgIpc) is 3.04. The van der Waals surface area contributed by atoms with E-state index < -0.39 is 5.97 Å². The van der Waals surface area contributed by atoms with E-state index in [0.29, 0.717) is 36.2 Å². The van der Waals surface area contributed by atoms with Gasteiger partial charge in [0.25, 0.3) is 0 Å². The van der Waals surface area contributed by atoms with Gasteiger partial charge in [-0.2, -0.15) is 0 Å². The number of H-pyrrole nitrogens is 1. The van der Waals surface area contributed by atoms with Crippen molar-refractivity contribution in [3.63, 3.8) is 0 Å². The summed E-state index contributed by atoms with van der Waals surface area (Å²) >= 11 is 0. The van der Waals surface area contributed by atoms with Crippen LogP contribution >= 0.6 is 0 Å². The van der Waals surface area contributed by atoms with Gasteiger partial charge in [-0.05, 0) is 38.1 Å². The molecule has 0 aliphatic rings. The van der Waals surface area contributed by atoms with Crippen LogP contribution in [0.4, 0.5) is 0 Å². The number of rotatable bonds is 7. The number of aromatic nitrogens is 3. The molecule has 2 heterocycles. The lowest BCUT2D eigenvalue weighted by Gasteiger charge is -2.11. The van der Waals surface area contributed by atoms with Gasteiger partial charge in [0.2, 0.25) is 0 Å². The standard InChI is InChI=1S/C18H19N3O4/c1-3-23-15-10-12(25-11-16(22)24-4-2)7-8-13(15)17-20-14-6-5-9-19-18(14)21-17/h5-10H,3-4,11H2,1-2H3,(H,19,20,21). The number of carbonyl (C=O) groups excluding carboxylic acids is 1. The summed E-state index contributed by atoms with van der Waals surface area (Å²) in [5, 5.41) is 0. The molecule has 0 atom stereocenters. The molecular formula is C18H19N3O4. The summed E-state index contributed by atoms with van der Waals surface area (Å²) in [7, 11) is 0. The van der Waals surface area contributed by atoms with Crippen LogP contribution in [0.25, 0.3) is 22.6 Å². The van der Waals surface area contributed by atoms with Crippen molar-refractivity contribution >= 4 is 17.1 Å². The van der Waals surface area contributed by atoms with E-state index in [-0.39, 0.29) is 6.61 Å². The van der Waals surface area contributed by atoms with Crippen molar-refractivity contribution in [2.75, 3.05) is 19.8 Å². The molecule has 0 radical (unpaired) electrons. The molecule has 0 bridgehead atoms. The number of nitrogens with one attached hydrogen (secondary N) is 1. The van der Waals surface area contributed by atoms with Crippen molar-refractivity contribution in [3.05, 3.63) is 36.5 Å². The van der Waals surface area contributed by atoms with Crippen LogP contribution in [0.2, 0.25) is 0 Å². The molecule has 0 aliphatic heterocycles. The van der Waals surface area contributed by atoms with Crippen LogP contribution in [-0.4, -0.2) is 40.7 Å². The topological polar surface area (TPSA) is 86.3 Å². The van der Waals surface area contributed by atoms with Crippen molar-refractivity contribution in [2.24, 2.45) is 0 Å². The monoisotopic (exact) mass is 341 g/mol. The van der Waals surface area contributed by atoms with Gasteiger partial charge in [0.1, 0.15) is 17.3 Å². The lowest BCUT2D eigenvalue weighted by molar-refractivity contribution is -0.145. The summed E-state index contributed by atoms with van der Waals surface area (Å²) < 4.78 is 16.0. The zero-order valence-corrected chi connectivity index (χ0v) is 14.1. The first-order valence-electron chi connectivity index (χ1n) is 8.07. The van der Waals surface area contributed by atoms with Crippen molar-refractivity contribution in [3.8, 4) is 22.9 Å². The van der Waals surface area contributed by atoms with Crippen LogP contribution in [0.3, 0.4) is 0 Å². The largest absolute Gasteiger partial charge is 0.493 e. The smallest absolute Gasteiger partial charge is 0.344 e. The molecule has 7 heteroatoms. The van der Waals surface area contributed by atoms with Crippen LogP contribution < -0.4 is 9.47 Å². The van der Waals surface area contributed by atoms with Crippen LogP contribution in [0.15, 0.2) is 36.5 Å². The molecule has 1 N–H and O–H groups in total. The highest BCUT2D eigenvalue weighted by Gasteiger charge is 2.13. The Kier molecular flexibility index (Phi) is 5.13. The minimum Gasteiger partial charge on any atom is -0.493 e. The maximum atomic E-state index is 11.4. The Morgan fingerprint density at radius 3 is 2.80 bits per heavy atom. The summed E-state index contributed by atoms with van der Waals surface area (Å²) in [4.78, 5) is 23.4. The Bertz CT molecular complexity index is 843. The normalized spacial score (nSPS) is 10.6. The number of pyridine rings is 1. The van der Waals surface area contributed by atoms with E-state index in [4.69, 9.17) is 14.2 Å². The molecule has 0 saturated carbocycles. The summed E-state index contributed by atoms with van der Waals surface area (Å²) in [6.07, 6.45) is 1.70. The third-order valence-corrected chi connectivity index (χ3v) is 3.43. The fraction of sp³-hybridized carbons (Fsp3) is 0.278. The van der Waals surface area contributed by atoms with Crippen molar-refractivity contribution < 1.29 is 19.0 Å². The minimum absolute atomic E-state index is 0.146. The van der Waals surface area contributed by atoms with Crippen LogP contribution in [0, 0.1) is 0 Å². The zero-order chi connectivity index (χ0) is 17.6. The summed E-state index contributed by atoms with van der Waals surface area (Å²) in [5.41, 5.74) is 2.29. The van der Waals surface area contributed by atoms with Crippen LogP contribution in [-0.2, 0) is 9.53 Å². The Morgan fingerprint density at radius 1 is 1.16 bits per heavy atom. The molecule has 0 unspecified atom stereocenters. The molecule has 130 valence electrons. The Labute approximate surface area is 145 Å². The van der Waals surface area contributed by atoms with Gasteiger partial charge >= 0.3 is 5.97 Å². The third kappa shape index (κ3) is 3.88. The van der Waals surface area contributed by atoms with Crippen LogP contribution in [0.1, 0.15) is 13.8 Å². The number of imidazole rings is 1. The molecular weight excluding hydrogens is 322 g/mol. The number of aromatic amines is 1. The maximum Gasteiger partial charge on any atom is 0.344 e. The van der Waals surface area contributed by atoms with E-state index in [9.17, 15) is 4.79 Å². The summed E-state index contributed by atoms with van der Waals surface area (Å²) in [5.74, 6) is 1.39. The number of nitrogens with zero attached hydrogens (tertiary/aromatic N) is 2. The van der Waals surface area contributed by atoms with Gasteiger partial charge < -0.3 is 19.2 Å². The molecule has 2 aromatic heterocycles. The molecule has 0 amide bonds. The lowest BCUT2D eigenvalue weighted by Crippen LogP contribution is -2.14. The van der Waals surface area contributed by atoms with Gasteiger partial charge in [-0.25, -0.2) is 14.8 Å². The Balaban J connectivity index is 1.87. The number of esters is 1. The van der Waals surface area contributed by atoms with Gasteiger partial charge in [0.05, 0.1) is 24.3 Å². The Hall–Kier alpha value is -3.09. The number of fused-ring (bicyclic) bond motifs is 1. The molecule has 0 saturated heterocycles. The van der Waals surface area contributed by atoms with E-state index >= 15 is 0 Å². The number of ether oxygens (including phenoxy) is 3. The van der Waals surface area contributed by atoms with Crippen molar-refractivity contribution in [1.29, 1.82) is 0 Å². The second-order valence-electron chi connectivity index (χ2n) is 5.14. The Morgan fingerprint density at radius 2 is 2.04 bits per heavy atom. The molecule has 0 fully saturated rings. The summed E-state index contributed by atoms with van der Waals surface area (Å²) in [6.45, 7) is 4.32. The van der Waals surface area contributed by atoms with Gasteiger partial charge in [-0.15, -0.1) is 0 Å². The van der Waals surface area contributed by atoms with Crippen molar-refractivity contribution in [2.45, 2.75) is 13.8 Å². The molecule has 25 heavy (non-hydrogen) atoms. The van der Waals surface area contributed by atoms with Crippen LogP contribution in [0.5, 0.6) is 11.5 Å². The highest BCUT2D eigenvalue weighted by molar-refractivity contribution is 5.78. The predicted molar refractivity (Wildman–Crippen MR) is 92.6 cm³/mol. The first kappa shape index (κ1) is 16.8. The number of hydrogen-bond acceptors (Lipinski definition) is 6. The first-order chi connectivity index (χ1) is 12.2. The molecule has 7 nitrogen and oxygen atoms in total. The number of hydrogen-bond donors (Lipinski definition) is 1. The molecule has 3 aromatic rings. The fourth-order valence-corrected chi connectivity index (χ4v) is 2.38. The fourth-order valence-electron chi connectivity index (χ4n) is 2.38. The molecule has 0 spiro atoms. The number of carbonyl (C=O) groups is 1. The first-order valence-corrected chi connectivity index (χ1v) is 8.07. The van der Waals surface area contributed by atoms with Gasteiger partial charge in [0.15, 0.2) is 12.3 Å². The SMILES string of the molecule is CCOC(=O)COc1ccc(-c2nc3ncccc3[nH]2)c(OCC)c1. The lowest BCUT2D eigenvalue weighted by atomic mass is 10.2. The highest BCUT2D eigenvalue weighted by Crippen LogP contribution is 2.32. The average molecular weight is 341 g/mol. The maximum absolute atomic E-state index is 11.4. The van der Waals surface area contributed by atoms with Gasteiger partial charge in [-0.3, -0.25) is 0 Å². The van der Waals surface area contributed by atoms with Gasteiger partial charge in [0, 0.05) is 12.3 Å². The van der Waals surface area contributed by atoms with Crippen molar-refractivity contribution in [1.82, 2.24) is 15.0 Å². The second-order valence-corrected chi connectivity index (χ2v) is 5.14. The molecule has 1 aromatic carbocycles. The van der Waals surface area contributed by atoms with E-state index in [1.807, 2.05) is 25.1 Å². The molecule has 0 aliphatic carbocycles. The van der Waals surface area contributed by atoms with E-state index in [1.165, 1.54) is 0 Å². The van der Waals surface area contributed by atoms with E-state index in [2.05, 4.69) is 15.0 Å². The third-order valence-electron chi connectivity index (χ3n) is 3.43. The predicted octanol–water partition coefficient (Wildman–Crippen LogP) is 2.97. The van der Waals surface area contributed by atoms with Gasteiger partial charge in [-0.1, -0.05) is 0 Å². The minimum atomic E-state index is -0.409. The molecule has 3 rings (SSSR count). The summed E-state index contributed by atoms with van der Waals surface area (Å²) in [6, 6.07) is 9.09. The highest BCUT2D eigenvalue weighted by atomic mass is 16.6. The quantitative estimate of drug-likeness (QED) is 0.665. The zero-order valence-electron chi connectivity index (χ0n) is 14.1. The second kappa shape index (κ2) is 7.65. The number of benzene rings is 1.